The fourth-order valence-electron chi connectivity index (χ4n) is 3.64. The Morgan fingerprint density at radius 2 is 2.15 bits per heavy atom. The van der Waals surface area contributed by atoms with E-state index in [2.05, 4.69) is 36.1 Å². The summed E-state index contributed by atoms with van der Waals surface area (Å²) in [5.41, 5.74) is 0. The lowest BCUT2D eigenvalue weighted by Gasteiger charge is -2.37. The van der Waals surface area contributed by atoms with E-state index in [1.165, 1.54) is 45.3 Å². The minimum absolute atomic E-state index is 0.657. The Hall–Kier alpha value is -0.160. The molecule has 2 aliphatic rings. The molecule has 20 heavy (non-hydrogen) atoms. The van der Waals surface area contributed by atoms with Gasteiger partial charge < -0.3 is 15.0 Å². The molecule has 2 saturated heterocycles. The molecule has 3 atom stereocenters. The van der Waals surface area contributed by atoms with Crippen LogP contribution in [-0.4, -0.2) is 75.4 Å². The normalized spacial score (nSPS) is 32.1. The third-order valence-electron chi connectivity index (χ3n) is 4.67. The molecule has 0 saturated carbocycles. The van der Waals surface area contributed by atoms with Gasteiger partial charge in [-0.3, -0.25) is 4.90 Å². The van der Waals surface area contributed by atoms with Crippen molar-refractivity contribution in [3.05, 3.63) is 0 Å². The molecule has 0 aliphatic carbocycles. The number of hydrogen-bond acceptors (Lipinski definition) is 4. The molecule has 118 valence electrons. The molecular formula is C16H33N3O. The van der Waals surface area contributed by atoms with Crippen LogP contribution in [-0.2, 0) is 4.74 Å². The van der Waals surface area contributed by atoms with Gasteiger partial charge in [0, 0.05) is 37.7 Å². The topological polar surface area (TPSA) is 27.7 Å². The number of nitrogens with one attached hydrogen (secondary N) is 1. The van der Waals surface area contributed by atoms with Gasteiger partial charge in [-0.2, -0.15) is 0 Å². The minimum Gasteiger partial charge on any atom is -0.381 e. The first-order valence-corrected chi connectivity index (χ1v) is 8.40. The summed E-state index contributed by atoms with van der Waals surface area (Å²) in [5, 5.41) is 3.73. The number of ether oxygens (including phenoxy) is 1. The predicted molar refractivity (Wildman–Crippen MR) is 84.2 cm³/mol. The van der Waals surface area contributed by atoms with Crippen LogP contribution in [0.25, 0.3) is 0 Å². The van der Waals surface area contributed by atoms with Crippen molar-refractivity contribution >= 4 is 0 Å². The second kappa shape index (κ2) is 8.32. The first-order chi connectivity index (χ1) is 9.70. The van der Waals surface area contributed by atoms with E-state index in [0.717, 1.165) is 25.8 Å². The molecule has 0 aromatic rings. The zero-order valence-corrected chi connectivity index (χ0v) is 13.6. The van der Waals surface area contributed by atoms with Crippen molar-refractivity contribution in [2.24, 2.45) is 5.92 Å². The quantitative estimate of drug-likeness (QED) is 0.765. The van der Waals surface area contributed by atoms with Gasteiger partial charge >= 0.3 is 0 Å². The molecule has 0 amide bonds. The lowest BCUT2D eigenvalue weighted by Crippen LogP contribution is -2.49. The van der Waals surface area contributed by atoms with E-state index in [-0.39, 0.29) is 0 Å². The lowest BCUT2D eigenvalue weighted by atomic mass is 9.94. The van der Waals surface area contributed by atoms with Gasteiger partial charge in [-0.1, -0.05) is 6.92 Å². The number of rotatable bonds is 7. The fraction of sp³-hybridized carbons (Fsp3) is 1.00. The smallest absolute Gasteiger partial charge is 0.0521 e. The SMILES string of the molecule is CCCNC1CCOCC1CN1CCCC1CN(C)C. The maximum atomic E-state index is 5.74. The summed E-state index contributed by atoms with van der Waals surface area (Å²) in [4.78, 5) is 5.03. The molecule has 2 heterocycles. The highest BCUT2D eigenvalue weighted by Crippen LogP contribution is 2.23. The maximum absolute atomic E-state index is 5.74. The summed E-state index contributed by atoms with van der Waals surface area (Å²) in [6, 6.07) is 1.41. The van der Waals surface area contributed by atoms with E-state index in [1.807, 2.05) is 0 Å². The third-order valence-corrected chi connectivity index (χ3v) is 4.67. The second-order valence-electron chi connectivity index (χ2n) is 6.74. The van der Waals surface area contributed by atoms with Crippen LogP contribution in [0.5, 0.6) is 0 Å². The average Bonchev–Trinajstić information content (AvgIpc) is 2.84. The van der Waals surface area contributed by atoms with Gasteiger partial charge in [0.15, 0.2) is 0 Å². The van der Waals surface area contributed by atoms with Gasteiger partial charge in [0.2, 0.25) is 0 Å². The maximum Gasteiger partial charge on any atom is 0.0521 e. The highest BCUT2D eigenvalue weighted by Gasteiger charge is 2.31. The van der Waals surface area contributed by atoms with Crippen LogP contribution in [0.1, 0.15) is 32.6 Å². The van der Waals surface area contributed by atoms with Crippen molar-refractivity contribution in [3.8, 4) is 0 Å². The summed E-state index contributed by atoms with van der Waals surface area (Å²) in [6.07, 6.45) is 5.12. The molecule has 0 bridgehead atoms. The van der Waals surface area contributed by atoms with Crippen LogP contribution in [0.4, 0.5) is 0 Å². The highest BCUT2D eigenvalue weighted by atomic mass is 16.5. The van der Waals surface area contributed by atoms with Gasteiger partial charge in [-0.15, -0.1) is 0 Å². The van der Waals surface area contributed by atoms with Crippen LogP contribution in [0, 0.1) is 5.92 Å². The minimum atomic E-state index is 0.657. The van der Waals surface area contributed by atoms with E-state index >= 15 is 0 Å². The first-order valence-electron chi connectivity index (χ1n) is 8.40. The van der Waals surface area contributed by atoms with E-state index in [4.69, 9.17) is 4.74 Å². The first kappa shape index (κ1) is 16.2. The Kier molecular flexibility index (Phi) is 6.75. The molecule has 4 heteroatoms. The number of likely N-dealkylation sites (tertiary alicyclic amines) is 1. The van der Waals surface area contributed by atoms with Crippen LogP contribution in [0.3, 0.4) is 0 Å². The van der Waals surface area contributed by atoms with Crippen LogP contribution >= 0.6 is 0 Å². The molecule has 3 unspecified atom stereocenters. The predicted octanol–water partition coefficient (Wildman–Crippen LogP) is 1.42. The van der Waals surface area contributed by atoms with Gasteiger partial charge in [0.1, 0.15) is 0 Å². The third kappa shape index (κ3) is 4.69. The Morgan fingerprint density at radius 3 is 2.90 bits per heavy atom. The zero-order chi connectivity index (χ0) is 14.4. The van der Waals surface area contributed by atoms with Gasteiger partial charge in [0.25, 0.3) is 0 Å². The van der Waals surface area contributed by atoms with Crippen molar-refractivity contribution in [3.63, 3.8) is 0 Å². The molecule has 2 rings (SSSR count). The van der Waals surface area contributed by atoms with Crippen molar-refractivity contribution in [2.45, 2.75) is 44.7 Å². The molecule has 4 nitrogen and oxygen atoms in total. The Morgan fingerprint density at radius 1 is 1.30 bits per heavy atom. The number of hydrogen-bond donors (Lipinski definition) is 1. The van der Waals surface area contributed by atoms with Gasteiger partial charge in [-0.05, 0) is 52.9 Å². The largest absolute Gasteiger partial charge is 0.381 e. The van der Waals surface area contributed by atoms with E-state index < -0.39 is 0 Å². The van der Waals surface area contributed by atoms with E-state index in [0.29, 0.717) is 12.0 Å². The summed E-state index contributed by atoms with van der Waals surface area (Å²) in [6.45, 7) is 8.93. The number of nitrogens with zero attached hydrogens (tertiary/aromatic N) is 2. The average molecular weight is 283 g/mol. The second-order valence-corrected chi connectivity index (χ2v) is 6.74. The Balaban J connectivity index is 1.85. The molecule has 2 fully saturated rings. The van der Waals surface area contributed by atoms with Gasteiger partial charge in [0.05, 0.1) is 6.61 Å². The fourth-order valence-corrected chi connectivity index (χ4v) is 3.64. The molecule has 0 aromatic carbocycles. The molecular weight excluding hydrogens is 250 g/mol. The molecule has 0 aromatic heterocycles. The van der Waals surface area contributed by atoms with Crippen LogP contribution in [0.15, 0.2) is 0 Å². The molecule has 1 N–H and O–H groups in total. The Labute approximate surface area is 124 Å². The van der Waals surface area contributed by atoms with Crippen molar-refractivity contribution in [1.29, 1.82) is 0 Å². The standard InChI is InChI=1S/C16H33N3O/c1-4-8-17-16-7-10-20-13-14(16)11-19-9-5-6-15(19)12-18(2)3/h14-17H,4-13H2,1-3H3. The number of likely N-dealkylation sites (N-methyl/N-ethyl adjacent to an activating group) is 1. The zero-order valence-electron chi connectivity index (χ0n) is 13.6. The van der Waals surface area contributed by atoms with Crippen molar-refractivity contribution < 1.29 is 4.74 Å². The molecule has 0 spiro atoms. The van der Waals surface area contributed by atoms with Crippen LogP contribution < -0.4 is 5.32 Å². The Bertz CT molecular complexity index is 272. The lowest BCUT2D eigenvalue weighted by molar-refractivity contribution is 0.0136. The van der Waals surface area contributed by atoms with Gasteiger partial charge in [-0.25, -0.2) is 0 Å². The van der Waals surface area contributed by atoms with Crippen LogP contribution in [0.2, 0.25) is 0 Å². The monoisotopic (exact) mass is 283 g/mol. The summed E-state index contributed by atoms with van der Waals surface area (Å²) in [7, 11) is 4.37. The van der Waals surface area contributed by atoms with Crippen molar-refractivity contribution in [1.82, 2.24) is 15.1 Å². The van der Waals surface area contributed by atoms with Crippen molar-refractivity contribution in [2.75, 3.05) is 53.5 Å². The highest BCUT2D eigenvalue weighted by molar-refractivity contribution is 4.87. The molecule has 2 aliphatic heterocycles. The van der Waals surface area contributed by atoms with E-state index in [9.17, 15) is 0 Å². The summed E-state index contributed by atoms with van der Waals surface area (Å²) in [5.74, 6) is 0.665. The van der Waals surface area contributed by atoms with E-state index in [1.54, 1.807) is 0 Å². The summed E-state index contributed by atoms with van der Waals surface area (Å²) < 4.78 is 5.74. The summed E-state index contributed by atoms with van der Waals surface area (Å²) >= 11 is 0. The molecule has 0 radical (unpaired) electrons.